The summed E-state index contributed by atoms with van der Waals surface area (Å²) < 4.78 is 13.4. The predicted octanol–water partition coefficient (Wildman–Crippen LogP) is 3.39. The van der Waals surface area contributed by atoms with Gasteiger partial charge in [0.25, 0.3) is 11.8 Å². The average molecular weight is 361 g/mol. The Kier molecular flexibility index (Phi) is 5.04. The molecule has 0 spiro atoms. The second-order valence-corrected chi connectivity index (χ2v) is 6.44. The van der Waals surface area contributed by atoms with E-state index in [0.29, 0.717) is 47.9 Å². The van der Waals surface area contributed by atoms with E-state index < -0.39 is 0 Å². The van der Waals surface area contributed by atoms with Crippen LogP contribution in [-0.4, -0.2) is 47.8 Å². The van der Waals surface area contributed by atoms with Crippen LogP contribution >= 0.6 is 11.6 Å². The first-order chi connectivity index (χ1) is 12.0. The number of halogens is 2. The van der Waals surface area contributed by atoms with Crippen LogP contribution in [0.15, 0.2) is 42.5 Å². The molecule has 2 aromatic rings. The van der Waals surface area contributed by atoms with Gasteiger partial charge in [0.2, 0.25) is 0 Å². The molecule has 130 valence electrons. The fourth-order valence-electron chi connectivity index (χ4n) is 2.88. The topological polar surface area (TPSA) is 40.6 Å². The second-order valence-electron chi connectivity index (χ2n) is 6.03. The lowest BCUT2D eigenvalue weighted by atomic mass is 10.1. The van der Waals surface area contributed by atoms with Crippen LogP contribution in [0.25, 0.3) is 0 Å². The lowest BCUT2D eigenvalue weighted by molar-refractivity contribution is 0.0535. The molecular formula is C19H18ClFN2O2. The molecular weight excluding hydrogens is 343 g/mol. The fourth-order valence-corrected chi connectivity index (χ4v) is 3.09. The van der Waals surface area contributed by atoms with Crippen LogP contribution in [-0.2, 0) is 0 Å². The van der Waals surface area contributed by atoms with Gasteiger partial charge in [-0.2, -0.15) is 0 Å². The summed E-state index contributed by atoms with van der Waals surface area (Å²) in [5.74, 6) is -0.602. The summed E-state index contributed by atoms with van der Waals surface area (Å²) >= 11 is 6.08. The molecule has 0 saturated carbocycles. The highest BCUT2D eigenvalue weighted by atomic mass is 35.5. The number of hydrogen-bond acceptors (Lipinski definition) is 2. The van der Waals surface area contributed by atoms with Crippen LogP contribution in [0.2, 0.25) is 5.02 Å². The van der Waals surface area contributed by atoms with Crippen molar-refractivity contribution in [3.63, 3.8) is 0 Å². The molecule has 25 heavy (non-hydrogen) atoms. The van der Waals surface area contributed by atoms with Gasteiger partial charge < -0.3 is 9.80 Å². The Labute approximate surface area is 150 Å². The molecule has 1 saturated heterocycles. The number of benzene rings is 2. The molecule has 3 rings (SSSR count). The van der Waals surface area contributed by atoms with E-state index in [1.54, 1.807) is 47.1 Å². The molecule has 0 bridgehead atoms. The van der Waals surface area contributed by atoms with E-state index in [0.717, 1.165) is 0 Å². The molecule has 0 aliphatic carbocycles. The zero-order valence-corrected chi connectivity index (χ0v) is 14.6. The Bertz CT molecular complexity index is 817. The third kappa shape index (κ3) is 3.66. The zero-order valence-electron chi connectivity index (χ0n) is 13.8. The third-order valence-corrected chi connectivity index (χ3v) is 4.69. The van der Waals surface area contributed by atoms with Crippen molar-refractivity contribution in [1.29, 1.82) is 0 Å². The van der Waals surface area contributed by atoms with Gasteiger partial charge in [-0.3, -0.25) is 9.59 Å². The van der Waals surface area contributed by atoms with Crippen LogP contribution < -0.4 is 0 Å². The van der Waals surface area contributed by atoms with Gasteiger partial charge in [-0.25, -0.2) is 4.39 Å². The third-order valence-electron chi connectivity index (χ3n) is 4.36. The molecule has 1 aliphatic heterocycles. The molecule has 1 fully saturated rings. The lowest BCUT2D eigenvalue weighted by Gasteiger charge is -2.35. The van der Waals surface area contributed by atoms with E-state index in [9.17, 15) is 14.0 Å². The summed E-state index contributed by atoms with van der Waals surface area (Å²) in [4.78, 5) is 28.5. The van der Waals surface area contributed by atoms with Crippen LogP contribution in [0.5, 0.6) is 0 Å². The zero-order chi connectivity index (χ0) is 18.0. The SMILES string of the molecule is Cc1cc(C(=O)N2CCN(C(=O)c3ccccc3Cl)CC2)ccc1F. The van der Waals surface area contributed by atoms with Crippen molar-refractivity contribution in [2.45, 2.75) is 6.92 Å². The Morgan fingerprint density at radius 2 is 1.56 bits per heavy atom. The maximum absolute atomic E-state index is 13.4. The van der Waals surface area contributed by atoms with E-state index in [4.69, 9.17) is 11.6 Å². The van der Waals surface area contributed by atoms with Gasteiger partial charge in [0.1, 0.15) is 5.82 Å². The van der Waals surface area contributed by atoms with E-state index in [1.807, 2.05) is 0 Å². The molecule has 2 amide bonds. The largest absolute Gasteiger partial charge is 0.335 e. The molecule has 0 atom stereocenters. The van der Waals surface area contributed by atoms with Gasteiger partial charge >= 0.3 is 0 Å². The van der Waals surface area contributed by atoms with E-state index >= 15 is 0 Å². The molecule has 1 heterocycles. The van der Waals surface area contributed by atoms with Gasteiger partial charge in [-0.15, -0.1) is 0 Å². The van der Waals surface area contributed by atoms with Crippen LogP contribution in [0.4, 0.5) is 4.39 Å². The first-order valence-electron chi connectivity index (χ1n) is 8.06. The highest BCUT2D eigenvalue weighted by Gasteiger charge is 2.26. The quantitative estimate of drug-likeness (QED) is 0.823. The van der Waals surface area contributed by atoms with Gasteiger partial charge in [0.15, 0.2) is 0 Å². The summed E-state index contributed by atoms with van der Waals surface area (Å²) in [7, 11) is 0. The van der Waals surface area contributed by atoms with E-state index in [-0.39, 0.29) is 17.6 Å². The number of hydrogen-bond donors (Lipinski definition) is 0. The minimum absolute atomic E-state index is 0.129. The lowest BCUT2D eigenvalue weighted by Crippen LogP contribution is -2.50. The number of rotatable bonds is 2. The minimum atomic E-state index is -0.327. The van der Waals surface area contributed by atoms with Gasteiger partial charge in [0.05, 0.1) is 10.6 Å². The molecule has 6 heteroatoms. The van der Waals surface area contributed by atoms with Crippen LogP contribution in [0.1, 0.15) is 26.3 Å². The van der Waals surface area contributed by atoms with Crippen molar-refractivity contribution >= 4 is 23.4 Å². The molecule has 4 nitrogen and oxygen atoms in total. The number of nitrogens with zero attached hydrogens (tertiary/aromatic N) is 2. The number of piperazine rings is 1. The fraction of sp³-hybridized carbons (Fsp3) is 0.263. The van der Waals surface area contributed by atoms with Gasteiger partial charge in [0, 0.05) is 31.7 Å². The number of aryl methyl sites for hydroxylation is 1. The molecule has 1 aliphatic rings. The summed E-state index contributed by atoms with van der Waals surface area (Å²) in [6.45, 7) is 3.38. The van der Waals surface area contributed by atoms with Crippen molar-refractivity contribution in [2.75, 3.05) is 26.2 Å². The Balaban J connectivity index is 1.65. The van der Waals surface area contributed by atoms with Crippen molar-refractivity contribution < 1.29 is 14.0 Å². The van der Waals surface area contributed by atoms with Crippen molar-refractivity contribution in [3.8, 4) is 0 Å². The molecule has 0 N–H and O–H groups in total. The summed E-state index contributed by atoms with van der Waals surface area (Å²) in [5.41, 5.74) is 1.38. The second kappa shape index (κ2) is 7.23. The summed E-state index contributed by atoms with van der Waals surface area (Å²) in [6.07, 6.45) is 0. The maximum atomic E-state index is 13.4. The van der Waals surface area contributed by atoms with Crippen molar-refractivity contribution in [3.05, 3.63) is 70.0 Å². The smallest absolute Gasteiger partial charge is 0.255 e. The molecule has 0 unspecified atom stereocenters. The van der Waals surface area contributed by atoms with Crippen molar-refractivity contribution in [2.24, 2.45) is 0 Å². The predicted molar refractivity (Wildman–Crippen MR) is 94.4 cm³/mol. The normalized spacial score (nSPS) is 14.5. The average Bonchev–Trinajstić information content (AvgIpc) is 2.63. The molecule has 0 radical (unpaired) electrons. The molecule has 0 aromatic heterocycles. The summed E-state index contributed by atoms with van der Waals surface area (Å²) in [5, 5.41) is 0.424. The Hall–Kier alpha value is -2.40. The Morgan fingerprint density at radius 3 is 2.16 bits per heavy atom. The monoisotopic (exact) mass is 360 g/mol. The highest BCUT2D eigenvalue weighted by Crippen LogP contribution is 2.19. The number of carbonyl (C=O) groups is 2. The minimum Gasteiger partial charge on any atom is -0.335 e. The van der Waals surface area contributed by atoms with Gasteiger partial charge in [-0.1, -0.05) is 23.7 Å². The Morgan fingerprint density at radius 1 is 0.960 bits per heavy atom. The molecule has 2 aromatic carbocycles. The van der Waals surface area contributed by atoms with E-state index in [1.165, 1.54) is 12.1 Å². The first-order valence-corrected chi connectivity index (χ1v) is 8.44. The highest BCUT2D eigenvalue weighted by molar-refractivity contribution is 6.33. The van der Waals surface area contributed by atoms with Crippen LogP contribution in [0.3, 0.4) is 0 Å². The summed E-state index contributed by atoms with van der Waals surface area (Å²) in [6, 6.07) is 11.3. The maximum Gasteiger partial charge on any atom is 0.255 e. The van der Waals surface area contributed by atoms with Crippen molar-refractivity contribution in [1.82, 2.24) is 9.80 Å². The standard InChI is InChI=1S/C19H18ClFN2O2/c1-13-12-14(6-7-17(13)21)18(24)22-8-10-23(11-9-22)19(25)15-4-2-3-5-16(15)20/h2-7,12H,8-11H2,1H3. The van der Waals surface area contributed by atoms with E-state index in [2.05, 4.69) is 0 Å². The first kappa shape index (κ1) is 17.4. The van der Waals surface area contributed by atoms with Crippen LogP contribution in [0, 0.1) is 12.7 Å². The van der Waals surface area contributed by atoms with Gasteiger partial charge in [-0.05, 0) is 42.8 Å². The number of carbonyl (C=O) groups excluding carboxylic acids is 2. The number of amides is 2.